The molecular formula is C11H17NO2. The normalized spacial score (nSPS) is 43.1. The van der Waals surface area contributed by atoms with E-state index in [1.54, 1.807) is 0 Å². The van der Waals surface area contributed by atoms with Crippen LogP contribution < -0.4 is 0 Å². The number of hydroxylamine groups is 1. The zero-order valence-corrected chi connectivity index (χ0v) is 9.26. The molecule has 2 rings (SSSR count). The van der Waals surface area contributed by atoms with E-state index >= 15 is 0 Å². The zero-order chi connectivity index (χ0) is 10.7. The zero-order valence-electron chi connectivity index (χ0n) is 9.26. The molecule has 2 aliphatic carbocycles. The highest BCUT2D eigenvalue weighted by atomic mass is 16.5. The molecule has 2 atom stereocenters. The van der Waals surface area contributed by atoms with Gasteiger partial charge in [-0.15, -0.1) is 0 Å². The molecule has 2 bridgehead atoms. The molecule has 3 nitrogen and oxygen atoms in total. The van der Waals surface area contributed by atoms with Crippen LogP contribution in [0.25, 0.3) is 0 Å². The first-order valence-corrected chi connectivity index (χ1v) is 5.15. The Morgan fingerprint density at radius 1 is 1.43 bits per heavy atom. The Balaban J connectivity index is 2.61. The van der Waals surface area contributed by atoms with E-state index < -0.39 is 0 Å². The van der Waals surface area contributed by atoms with Crippen molar-refractivity contribution in [2.45, 2.75) is 33.6 Å². The van der Waals surface area contributed by atoms with E-state index in [9.17, 15) is 10.0 Å². The van der Waals surface area contributed by atoms with Gasteiger partial charge in [-0.2, -0.15) is 0 Å². The molecule has 0 N–H and O–H groups in total. The second kappa shape index (κ2) is 2.38. The molecule has 78 valence electrons. The minimum atomic E-state index is -0.300. The number of carbonyl (C=O) groups excluding carboxylic acids is 1. The first-order valence-electron chi connectivity index (χ1n) is 5.15. The Morgan fingerprint density at radius 2 is 2.00 bits per heavy atom. The Labute approximate surface area is 84.4 Å². The summed E-state index contributed by atoms with van der Waals surface area (Å²) in [6.07, 6.45) is 1.91. The standard InChI is InChI=1S/C11H17NO2/c1-10(2)7-5-6-11(10,3)9(13)8(7)12(4)14/h7H,5-6H2,1-4H3/b12-8+/t7-,11-/m0/s1. The van der Waals surface area contributed by atoms with Crippen molar-refractivity contribution in [3.8, 4) is 0 Å². The van der Waals surface area contributed by atoms with Gasteiger partial charge >= 0.3 is 0 Å². The Hall–Kier alpha value is -0.860. The third-order valence-electron chi connectivity index (χ3n) is 4.63. The van der Waals surface area contributed by atoms with Crippen LogP contribution in [0.4, 0.5) is 0 Å². The van der Waals surface area contributed by atoms with Gasteiger partial charge in [0.25, 0.3) is 0 Å². The van der Waals surface area contributed by atoms with Gasteiger partial charge in [0, 0.05) is 5.41 Å². The van der Waals surface area contributed by atoms with Gasteiger partial charge in [-0.25, -0.2) is 4.74 Å². The van der Waals surface area contributed by atoms with Crippen molar-refractivity contribution in [2.24, 2.45) is 16.7 Å². The highest BCUT2D eigenvalue weighted by Crippen LogP contribution is 2.62. The van der Waals surface area contributed by atoms with Crippen molar-refractivity contribution in [1.82, 2.24) is 0 Å². The van der Waals surface area contributed by atoms with E-state index in [0.717, 1.165) is 17.6 Å². The number of fused-ring (bicyclic) bond motifs is 2. The summed E-state index contributed by atoms with van der Waals surface area (Å²) in [6.45, 7) is 6.23. The number of Topliss-reactive ketones (excluding diaryl/α,β-unsaturated/α-hetero) is 1. The van der Waals surface area contributed by atoms with Gasteiger partial charge in [0.2, 0.25) is 11.5 Å². The lowest BCUT2D eigenvalue weighted by Crippen LogP contribution is -2.35. The van der Waals surface area contributed by atoms with Crippen LogP contribution in [0.1, 0.15) is 33.6 Å². The molecule has 0 spiro atoms. The Kier molecular flexibility index (Phi) is 1.65. The number of hydrogen-bond acceptors (Lipinski definition) is 2. The predicted molar refractivity (Wildman–Crippen MR) is 54.2 cm³/mol. The quantitative estimate of drug-likeness (QED) is 0.335. The summed E-state index contributed by atoms with van der Waals surface area (Å²) in [6, 6.07) is 0. The van der Waals surface area contributed by atoms with Gasteiger partial charge in [0.1, 0.15) is 7.05 Å². The van der Waals surface area contributed by atoms with Crippen LogP contribution in [0.15, 0.2) is 0 Å². The Bertz CT molecular complexity index is 339. The third kappa shape index (κ3) is 0.787. The van der Waals surface area contributed by atoms with E-state index in [0.29, 0.717) is 5.71 Å². The maximum Gasteiger partial charge on any atom is 0.234 e. The SMILES string of the molecule is C/[N+]([O-])=C1\C(=O)[C@]2(C)CC[C@@H]1C2(C)C. The van der Waals surface area contributed by atoms with Crippen LogP contribution in [0.2, 0.25) is 0 Å². The molecule has 0 radical (unpaired) electrons. The monoisotopic (exact) mass is 195 g/mol. The summed E-state index contributed by atoms with van der Waals surface area (Å²) in [4.78, 5) is 12.1. The van der Waals surface area contributed by atoms with Crippen LogP contribution in [0.3, 0.4) is 0 Å². The van der Waals surface area contributed by atoms with Gasteiger partial charge in [0.05, 0.1) is 5.92 Å². The number of rotatable bonds is 0. The lowest BCUT2D eigenvalue weighted by Gasteiger charge is -2.30. The van der Waals surface area contributed by atoms with Gasteiger partial charge in [-0.3, -0.25) is 4.79 Å². The van der Waals surface area contributed by atoms with Crippen molar-refractivity contribution in [2.75, 3.05) is 7.05 Å². The fourth-order valence-corrected chi connectivity index (χ4v) is 3.19. The van der Waals surface area contributed by atoms with Gasteiger partial charge < -0.3 is 5.21 Å². The first-order chi connectivity index (χ1) is 6.32. The van der Waals surface area contributed by atoms with E-state index in [-0.39, 0.29) is 22.5 Å². The number of nitrogens with zero attached hydrogens (tertiary/aromatic N) is 1. The van der Waals surface area contributed by atoms with Crippen LogP contribution in [0, 0.1) is 22.0 Å². The summed E-state index contributed by atoms with van der Waals surface area (Å²) in [5, 5.41) is 11.3. The molecule has 2 fully saturated rings. The molecule has 0 heterocycles. The van der Waals surface area contributed by atoms with E-state index in [1.165, 1.54) is 7.05 Å². The van der Waals surface area contributed by atoms with Gasteiger partial charge in [0.15, 0.2) is 0 Å². The number of carbonyl (C=O) groups is 1. The maximum atomic E-state index is 12.1. The van der Waals surface area contributed by atoms with Crippen LogP contribution in [-0.2, 0) is 4.79 Å². The second-order valence-corrected chi connectivity index (χ2v) is 5.36. The van der Waals surface area contributed by atoms with Crippen molar-refractivity contribution in [3.63, 3.8) is 0 Å². The van der Waals surface area contributed by atoms with Crippen molar-refractivity contribution in [3.05, 3.63) is 5.21 Å². The highest BCUT2D eigenvalue weighted by Gasteiger charge is 2.68. The van der Waals surface area contributed by atoms with Crippen molar-refractivity contribution in [1.29, 1.82) is 0 Å². The maximum absolute atomic E-state index is 12.1. The minimum absolute atomic E-state index is 0.0436. The molecule has 2 aliphatic rings. The lowest BCUT2D eigenvalue weighted by atomic mass is 9.70. The molecule has 2 saturated carbocycles. The largest absolute Gasteiger partial charge is 0.624 e. The molecule has 0 amide bonds. The van der Waals surface area contributed by atoms with Gasteiger partial charge in [-0.05, 0) is 18.3 Å². The third-order valence-corrected chi connectivity index (χ3v) is 4.63. The second-order valence-electron chi connectivity index (χ2n) is 5.36. The molecule has 0 aliphatic heterocycles. The average molecular weight is 195 g/mol. The molecule has 0 unspecified atom stereocenters. The molecule has 0 aromatic carbocycles. The number of hydrogen-bond donors (Lipinski definition) is 0. The average Bonchev–Trinajstić information content (AvgIpc) is 2.35. The van der Waals surface area contributed by atoms with E-state index in [1.807, 2.05) is 6.92 Å². The molecule has 0 saturated heterocycles. The first kappa shape index (κ1) is 9.69. The fraction of sp³-hybridized carbons (Fsp3) is 0.818. The molecular weight excluding hydrogens is 178 g/mol. The minimum Gasteiger partial charge on any atom is -0.624 e. The summed E-state index contributed by atoms with van der Waals surface area (Å²) in [7, 11) is 1.44. The van der Waals surface area contributed by atoms with Crippen LogP contribution in [0.5, 0.6) is 0 Å². The van der Waals surface area contributed by atoms with Gasteiger partial charge in [-0.1, -0.05) is 20.8 Å². The predicted octanol–water partition coefficient (Wildman–Crippen LogP) is 1.59. The topological polar surface area (TPSA) is 43.1 Å². The molecule has 3 heteroatoms. The summed E-state index contributed by atoms with van der Waals surface area (Å²) in [5.74, 6) is 0.249. The molecule has 0 aromatic rings. The summed E-state index contributed by atoms with van der Waals surface area (Å²) >= 11 is 0. The summed E-state index contributed by atoms with van der Waals surface area (Å²) in [5.41, 5.74) is 0.160. The smallest absolute Gasteiger partial charge is 0.234 e. The highest BCUT2D eigenvalue weighted by molar-refractivity contribution is 6.43. The molecule has 14 heavy (non-hydrogen) atoms. The lowest BCUT2D eigenvalue weighted by molar-refractivity contribution is -0.424. The fourth-order valence-electron chi connectivity index (χ4n) is 3.19. The molecule has 0 aromatic heterocycles. The van der Waals surface area contributed by atoms with Crippen molar-refractivity contribution >= 4 is 11.5 Å². The van der Waals surface area contributed by atoms with Crippen molar-refractivity contribution < 1.29 is 9.53 Å². The van der Waals surface area contributed by atoms with E-state index in [2.05, 4.69) is 13.8 Å². The Morgan fingerprint density at radius 3 is 2.29 bits per heavy atom. The number of ketones is 1. The van der Waals surface area contributed by atoms with E-state index in [4.69, 9.17) is 0 Å². The van der Waals surface area contributed by atoms with Crippen LogP contribution in [-0.4, -0.2) is 23.3 Å². The van der Waals surface area contributed by atoms with Crippen LogP contribution >= 0.6 is 0 Å². The summed E-state index contributed by atoms with van der Waals surface area (Å²) < 4.78 is 0.777.